The average molecular weight is 192 g/mol. The van der Waals surface area contributed by atoms with Crippen molar-refractivity contribution in [2.24, 2.45) is 0 Å². The zero-order valence-electron chi connectivity index (χ0n) is 7.83. The number of halogens is 1. The molecule has 2 nitrogen and oxygen atoms in total. The third-order valence-electron chi connectivity index (χ3n) is 1.60. The van der Waals surface area contributed by atoms with Crippen molar-refractivity contribution in [1.82, 2.24) is 4.90 Å². The molecule has 0 aromatic heterocycles. The molecule has 3 heteroatoms. The average Bonchev–Trinajstić information content (AvgIpc) is 2.01. The number of aliphatic hydroxyl groups is 1. The molecule has 0 rings (SSSR count). The minimum atomic E-state index is -0.204. The van der Waals surface area contributed by atoms with Crippen molar-refractivity contribution in [1.29, 1.82) is 0 Å². The smallest absolute Gasteiger partial charge is 0.0524 e. The van der Waals surface area contributed by atoms with Gasteiger partial charge in [-0.1, -0.05) is 12.2 Å². The van der Waals surface area contributed by atoms with Crippen LogP contribution in [0.4, 0.5) is 0 Å². The van der Waals surface area contributed by atoms with Crippen molar-refractivity contribution in [3.8, 4) is 0 Å². The van der Waals surface area contributed by atoms with E-state index in [1.165, 1.54) is 0 Å². The summed E-state index contributed by atoms with van der Waals surface area (Å²) in [6, 6.07) is 0. The van der Waals surface area contributed by atoms with Crippen LogP contribution < -0.4 is 0 Å². The van der Waals surface area contributed by atoms with Gasteiger partial charge in [0.05, 0.1) is 6.10 Å². The van der Waals surface area contributed by atoms with Crippen LogP contribution in [0.1, 0.15) is 13.3 Å². The van der Waals surface area contributed by atoms with Gasteiger partial charge in [-0.05, 0) is 20.4 Å². The molecule has 1 N–H and O–H groups in total. The quantitative estimate of drug-likeness (QED) is 0.508. The Morgan fingerprint density at radius 3 is 2.67 bits per heavy atom. The molecular formula is C9H18ClNO. The number of allylic oxidation sites excluding steroid dienone is 1. The lowest BCUT2D eigenvalue weighted by atomic mass is 10.3. The molecular weight excluding hydrogens is 174 g/mol. The van der Waals surface area contributed by atoms with E-state index >= 15 is 0 Å². The van der Waals surface area contributed by atoms with Gasteiger partial charge in [0.15, 0.2) is 0 Å². The van der Waals surface area contributed by atoms with Crippen molar-refractivity contribution < 1.29 is 5.11 Å². The van der Waals surface area contributed by atoms with E-state index in [1.807, 2.05) is 26.1 Å². The molecule has 0 aromatic carbocycles. The minimum absolute atomic E-state index is 0.204. The highest BCUT2D eigenvalue weighted by Gasteiger charge is 1.98. The summed E-state index contributed by atoms with van der Waals surface area (Å²) in [4.78, 5) is 2.15. The van der Waals surface area contributed by atoms with E-state index in [0.717, 1.165) is 19.5 Å². The molecule has 0 saturated carbocycles. The standard InChI is InChI=1S/C9H18ClNO/c1-9(12)5-8-11(2)7-4-3-6-10/h3-4,9,12H,5-8H2,1-2H3/b4-3+. The first-order valence-electron chi connectivity index (χ1n) is 4.24. The number of hydrogen-bond donors (Lipinski definition) is 1. The lowest BCUT2D eigenvalue weighted by Gasteiger charge is -2.14. The fraction of sp³-hybridized carbons (Fsp3) is 0.778. The Kier molecular flexibility index (Phi) is 7.56. The van der Waals surface area contributed by atoms with E-state index in [4.69, 9.17) is 16.7 Å². The third kappa shape index (κ3) is 8.05. The number of hydrogen-bond acceptors (Lipinski definition) is 2. The maximum Gasteiger partial charge on any atom is 0.0524 e. The highest BCUT2D eigenvalue weighted by atomic mass is 35.5. The summed E-state index contributed by atoms with van der Waals surface area (Å²) in [7, 11) is 2.03. The van der Waals surface area contributed by atoms with Crippen LogP contribution in [0.2, 0.25) is 0 Å². The van der Waals surface area contributed by atoms with Crippen LogP contribution in [-0.2, 0) is 0 Å². The Morgan fingerprint density at radius 2 is 2.17 bits per heavy atom. The number of rotatable bonds is 6. The van der Waals surface area contributed by atoms with Crippen LogP contribution in [0, 0.1) is 0 Å². The Labute approximate surface area is 79.8 Å². The van der Waals surface area contributed by atoms with E-state index in [0.29, 0.717) is 5.88 Å². The fourth-order valence-corrected chi connectivity index (χ4v) is 0.942. The monoisotopic (exact) mass is 191 g/mol. The SMILES string of the molecule is CC(O)CCN(C)C/C=C/CCl. The van der Waals surface area contributed by atoms with Crippen molar-refractivity contribution >= 4 is 11.6 Å². The van der Waals surface area contributed by atoms with Crippen LogP contribution in [0.25, 0.3) is 0 Å². The number of aliphatic hydroxyl groups excluding tert-OH is 1. The fourth-order valence-electron chi connectivity index (χ4n) is 0.816. The predicted molar refractivity (Wildman–Crippen MR) is 53.7 cm³/mol. The molecule has 0 aliphatic rings. The highest BCUT2D eigenvalue weighted by Crippen LogP contribution is 1.93. The summed E-state index contributed by atoms with van der Waals surface area (Å²) in [6.45, 7) is 3.63. The third-order valence-corrected chi connectivity index (χ3v) is 1.78. The van der Waals surface area contributed by atoms with Crippen LogP contribution in [0.5, 0.6) is 0 Å². The van der Waals surface area contributed by atoms with Gasteiger partial charge in [0.1, 0.15) is 0 Å². The van der Waals surface area contributed by atoms with Crippen molar-refractivity contribution in [3.05, 3.63) is 12.2 Å². The second-order valence-corrected chi connectivity index (χ2v) is 3.33. The van der Waals surface area contributed by atoms with Gasteiger partial charge >= 0.3 is 0 Å². The van der Waals surface area contributed by atoms with Gasteiger partial charge in [-0.25, -0.2) is 0 Å². The molecule has 0 fully saturated rings. The van der Waals surface area contributed by atoms with Gasteiger partial charge in [-0.15, -0.1) is 11.6 Å². The molecule has 0 heterocycles. The van der Waals surface area contributed by atoms with E-state index in [2.05, 4.69) is 4.90 Å². The Morgan fingerprint density at radius 1 is 1.50 bits per heavy atom. The molecule has 0 saturated heterocycles. The Bertz CT molecular complexity index is 126. The van der Waals surface area contributed by atoms with Crippen LogP contribution in [-0.4, -0.2) is 42.1 Å². The molecule has 1 unspecified atom stereocenters. The largest absolute Gasteiger partial charge is 0.393 e. The number of likely N-dealkylation sites (N-methyl/N-ethyl adjacent to an activating group) is 1. The Balaban J connectivity index is 3.33. The highest BCUT2D eigenvalue weighted by molar-refractivity contribution is 6.18. The van der Waals surface area contributed by atoms with Gasteiger partial charge in [-0.3, -0.25) is 0 Å². The molecule has 0 aliphatic carbocycles. The molecule has 0 aliphatic heterocycles. The maximum atomic E-state index is 9.01. The molecule has 0 aromatic rings. The van der Waals surface area contributed by atoms with Crippen molar-refractivity contribution in [3.63, 3.8) is 0 Å². The summed E-state index contributed by atoms with van der Waals surface area (Å²) in [6.07, 6.45) is 4.59. The molecule has 72 valence electrons. The van der Waals surface area contributed by atoms with E-state index in [9.17, 15) is 0 Å². The maximum absolute atomic E-state index is 9.01. The first-order chi connectivity index (χ1) is 5.66. The summed E-state index contributed by atoms with van der Waals surface area (Å²) in [5.74, 6) is 0.574. The van der Waals surface area contributed by atoms with Crippen molar-refractivity contribution in [2.75, 3.05) is 26.0 Å². The Hall–Kier alpha value is -0.0500. The van der Waals surface area contributed by atoms with Crippen LogP contribution in [0.15, 0.2) is 12.2 Å². The molecule has 0 radical (unpaired) electrons. The first-order valence-corrected chi connectivity index (χ1v) is 4.78. The summed E-state index contributed by atoms with van der Waals surface area (Å²) >= 11 is 5.47. The zero-order chi connectivity index (χ0) is 9.40. The minimum Gasteiger partial charge on any atom is -0.393 e. The summed E-state index contributed by atoms with van der Waals surface area (Å²) in [5, 5.41) is 9.01. The van der Waals surface area contributed by atoms with E-state index < -0.39 is 0 Å². The second-order valence-electron chi connectivity index (χ2n) is 3.03. The van der Waals surface area contributed by atoms with Crippen LogP contribution in [0.3, 0.4) is 0 Å². The second kappa shape index (κ2) is 7.59. The lowest BCUT2D eigenvalue weighted by molar-refractivity contribution is 0.167. The van der Waals surface area contributed by atoms with Gasteiger partial charge in [0.25, 0.3) is 0 Å². The molecule has 0 spiro atoms. The lowest BCUT2D eigenvalue weighted by Crippen LogP contribution is -2.22. The van der Waals surface area contributed by atoms with Crippen molar-refractivity contribution in [2.45, 2.75) is 19.4 Å². The molecule has 1 atom stereocenters. The first kappa shape index (κ1) is 11.9. The van der Waals surface area contributed by atoms with E-state index in [1.54, 1.807) is 0 Å². The normalized spacial score (nSPS) is 14.4. The summed E-state index contributed by atoms with van der Waals surface area (Å²) in [5.41, 5.74) is 0. The van der Waals surface area contributed by atoms with E-state index in [-0.39, 0.29) is 6.10 Å². The molecule has 12 heavy (non-hydrogen) atoms. The summed E-state index contributed by atoms with van der Waals surface area (Å²) < 4.78 is 0. The zero-order valence-corrected chi connectivity index (χ0v) is 8.59. The van der Waals surface area contributed by atoms with Crippen LogP contribution >= 0.6 is 11.6 Å². The van der Waals surface area contributed by atoms with Gasteiger partial charge in [0.2, 0.25) is 0 Å². The number of alkyl halides is 1. The number of nitrogens with zero attached hydrogens (tertiary/aromatic N) is 1. The van der Waals surface area contributed by atoms with Gasteiger partial charge in [0, 0.05) is 19.0 Å². The topological polar surface area (TPSA) is 23.5 Å². The van der Waals surface area contributed by atoms with Gasteiger partial charge in [-0.2, -0.15) is 0 Å². The molecule has 0 bridgehead atoms. The molecule has 0 amide bonds. The van der Waals surface area contributed by atoms with Gasteiger partial charge < -0.3 is 10.0 Å². The predicted octanol–water partition coefficient (Wildman–Crippen LogP) is 1.48.